The molecule has 2 heterocycles. The number of rotatable bonds is 5. The lowest BCUT2D eigenvalue weighted by atomic mass is 10.0. The van der Waals surface area contributed by atoms with E-state index in [1.54, 1.807) is 13.2 Å². The normalized spacial score (nSPS) is 19.1. The van der Waals surface area contributed by atoms with E-state index in [0.29, 0.717) is 6.04 Å². The summed E-state index contributed by atoms with van der Waals surface area (Å²) in [6.07, 6.45) is 6.40. The molecule has 1 aromatic rings. The molecule has 6 heteroatoms. The van der Waals surface area contributed by atoms with E-state index < -0.39 is 0 Å². The molecule has 112 valence electrons. The van der Waals surface area contributed by atoms with Crippen molar-refractivity contribution in [2.45, 2.75) is 38.6 Å². The van der Waals surface area contributed by atoms with Gasteiger partial charge in [0.15, 0.2) is 0 Å². The van der Waals surface area contributed by atoms with Gasteiger partial charge in [0.2, 0.25) is 0 Å². The van der Waals surface area contributed by atoms with Crippen LogP contribution in [0.25, 0.3) is 0 Å². The summed E-state index contributed by atoms with van der Waals surface area (Å²) < 4.78 is 1.27. The predicted octanol–water partition coefficient (Wildman–Crippen LogP) is 1.79. The lowest BCUT2D eigenvalue weighted by Crippen LogP contribution is -2.44. The van der Waals surface area contributed by atoms with Gasteiger partial charge in [0.05, 0.1) is 11.9 Å². The van der Waals surface area contributed by atoms with E-state index in [0.717, 1.165) is 31.7 Å². The summed E-state index contributed by atoms with van der Waals surface area (Å²) in [5.41, 5.74) is 0.519. The summed E-state index contributed by atoms with van der Waals surface area (Å²) in [5, 5.41) is 7.90. The van der Waals surface area contributed by atoms with Gasteiger partial charge in [-0.2, -0.15) is 5.10 Å². The summed E-state index contributed by atoms with van der Waals surface area (Å²) in [6, 6.07) is 0.468. The fourth-order valence-corrected chi connectivity index (χ4v) is 2.94. The number of anilines is 1. The van der Waals surface area contributed by atoms with E-state index in [9.17, 15) is 4.79 Å². The predicted molar refractivity (Wildman–Crippen MR) is 82.6 cm³/mol. The van der Waals surface area contributed by atoms with Gasteiger partial charge in [-0.05, 0) is 25.8 Å². The smallest absolute Gasteiger partial charge is 0.287 e. The molecule has 1 N–H and O–H groups in total. The highest BCUT2D eigenvalue weighted by molar-refractivity contribution is 6.33. The number of hydrogen-bond donors (Lipinski definition) is 1. The first-order chi connectivity index (χ1) is 9.63. The van der Waals surface area contributed by atoms with Gasteiger partial charge in [0, 0.05) is 26.2 Å². The molecule has 1 fully saturated rings. The molecule has 0 amide bonds. The molecule has 0 aromatic carbocycles. The van der Waals surface area contributed by atoms with Crippen LogP contribution in [0.1, 0.15) is 32.6 Å². The summed E-state index contributed by atoms with van der Waals surface area (Å²) in [7, 11) is 1.62. The lowest BCUT2D eigenvalue weighted by molar-refractivity contribution is 0.399. The van der Waals surface area contributed by atoms with Crippen LogP contribution in [-0.2, 0) is 7.05 Å². The van der Waals surface area contributed by atoms with Crippen molar-refractivity contribution < 1.29 is 0 Å². The van der Waals surface area contributed by atoms with E-state index >= 15 is 0 Å². The number of halogens is 1. The maximum absolute atomic E-state index is 11.9. The molecule has 5 nitrogen and oxygen atoms in total. The van der Waals surface area contributed by atoms with Crippen LogP contribution in [0.3, 0.4) is 0 Å². The molecule has 1 aliphatic rings. The standard InChI is InChI=1S/C14H23ClN4O/c1-3-8-19(10-11-6-4-5-7-16-11)12-9-17-18(2)14(20)13(12)15/h9,11,16H,3-8,10H2,1-2H3. The number of nitrogens with one attached hydrogen (secondary N) is 1. The zero-order valence-corrected chi connectivity index (χ0v) is 13.0. The highest BCUT2D eigenvalue weighted by atomic mass is 35.5. The van der Waals surface area contributed by atoms with Crippen LogP contribution in [0.4, 0.5) is 5.69 Å². The van der Waals surface area contributed by atoms with Crippen LogP contribution in [0, 0.1) is 0 Å². The molecule has 0 radical (unpaired) electrons. The van der Waals surface area contributed by atoms with E-state index in [2.05, 4.69) is 22.2 Å². The third-order valence-electron chi connectivity index (χ3n) is 3.75. The zero-order valence-electron chi connectivity index (χ0n) is 12.2. The molecule has 1 aliphatic heterocycles. The molecule has 0 bridgehead atoms. The summed E-state index contributed by atoms with van der Waals surface area (Å²) in [4.78, 5) is 14.1. The van der Waals surface area contributed by atoms with Gasteiger partial charge in [-0.3, -0.25) is 4.79 Å². The highest BCUT2D eigenvalue weighted by Gasteiger charge is 2.19. The van der Waals surface area contributed by atoms with Gasteiger partial charge >= 0.3 is 0 Å². The first kappa shape index (κ1) is 15.3. The first-order valence-electron chi connectivity index (χ1n) is 7.33. The van der Waals surface area contributed by atoms with E-state index in [1.807, 2.05) is 0 Å². The van der Waals surface area contributed by atoms with Crippen molar-refractivity contribution in [3.63, 3.8) is 0 Å². The molecule has 1 atom stereocenters. The fraction of sp³-hybridized carbons (Fsp3) is 0.714. The van der Waals surface area contributed by atoms with Crippen LogP contribution >= 0.6 is 11.6 Å². The average Bonchev–Trinajstić information content (AvgIpc) is 2.46. The van der Waals surface area contributed by atoms with Gasteiger partial charge in [0.25, 0.3) is 5.56 Å². The minimum absolute atomic E-state index is 0.234. The van der Waals surface area contributed by atoms with Crippen LogP contribution in [0.15, 0.2) is 11.0 Å². The first-order valence-corrected chi connectivity index (χ1v) is 7.71. The summed E-state index contributed by atoms with van der Waals surface area (Å²) >= 11 is 6.21. The second-order valence-electron chi connectivity index (χ2n) is 5.37. The summed E-state index contributed by atoms with van der Waals surface area (Å²) in [5.74, 6) is 0. The van der Waals surface area contributed by atoms with E-state index in [1.165, 1.54) is 23.9 Å². The van der Waals surface area contributed by atoms with Crippen LogP contribution in [-0.4, -0.2) is 35.5 Å². The molecule has 0 aliphatic carbocycles. The zero-order chi connectivity index (χ0) is 14.5. The Bertz CT molecular complexity index is 496. The third kappa shape index (κ3) is 3.52. The number of hydrogen-bond acceptors (Lipinski definition) is 4. The minimum atomic E-state index is -0.234. The average molecular weight is 299 g/mol. The Kier molecular flexibility index (Phi) is 5.43. The molecular weight excluding hydrogens is 276 g/mol. The van der Waals surface area contributed by atoms with Crippen LogP contribution < -0.4 is 15.8 Å². The second-order valence-corrected chi connectivity index (χ2v) is 5.74. The Balaban J connectivity index is 2.19. The van der Waals surface area contributed by atoms with Gasteiger partial charge in [-0.15, -0.1) is 0 Å². The van der Waals surface area contributed by atoms with Crippen LogP contribution in [0.5, 0.6) is 0 Å². The quantitative estimate of drug-likeness (QED) is 0.900. The second kappa shape index (κ2) is 7.09. The van der Waals surface area contributed by atoms with Crippen molar-refractivity contribution in [3.8, 4) is 0 Å². The molecule has 1 saturated heterocycles. The van der Waals surface area contributed by atoms with Gasteiger partial charge < -0.3 is 10.2 Å². The monoisotopic (exact) mass is 298 g/mol. The van der Waals surface area contributed by atoms with E-state index in [4.69, 9.17) is 11.6 Å². The highest BCUT2D eigenvalue weighted by Crippen LogP contribution is 2.22. The molecule has 0 saturated carbocycles. The SMILES string of the molecule is CCCN(CC1CCCCN1)c1cnn(C)c(=O)c1Cl. The van der Waals surface area contributed by atoms with E-state index in [-0.39, 0.29) is 10.6 Å². The number of nitrogens with zero attached hydrogens (tertiary/aromatic N) is 3. The van der Waals surface area contributed by atoms with Gasteiger partial charge in [0.1, 0.15) is 5.02 Å². The van der Waals surface area contributed by atoms with Gasteiger partial charge in [-0.25, -0.2) is 4.68 Å². The molecule has 20 heavy (non-hydrogen) atoms. The maximum atomic E-state index is 11.9. The van der Waals surface area contributed by atoms with Crippen molar-refractivity contribution in [2.75, 3.05) is 24.5 Å². The lowest BCUT2D eigenvalue weighted by Gasteiger charge is -2.32. The van der Waals surface area contributed by atoms with Gasteiger partial charge in [-0.1, -0.05) is 24.9 Å². The number of piperidine rings is 1. The molecular formula is C14H23ClN4O. The largest absolute Gasteiger partial charge is 0.367 e. The third-order valence-corrected chi connectivity index (χ3v) is 4.10. The Morgan fingerprint density at radius 3 is 3.00 bits per heavy atom. The Morgan fingerprint density at radius 1 is 1.55 bits per heavy atom. The molecule has 0 spiro atoms. The topological polar surface area (TPSA) is 50.2 Å². The molecule has 1 aromatic heterocycles. The Labute approximate surface area is 124 Å². The minimum Gasteiger partial charge on any atom is -0.367 e. The van der Waals surface area contributed by atoms with Crippen LogP contribution in [0.2, 0.25) is 5.02 Å². The van der Waals surface area contributed by atoms with Crippen molar-refractivity contribution in [2.24, 2.45) is 7.05 Å². The molecule has 1 unspecified atom stereocenters. The molecule has 2 rings (SSSR count). The Hall–Kier alpha value is -1.07. The van der Waals surface area contributed by atoms with Crippen molar-refractivity contribution in [1.82, 2.24) is 15.1 Å². The van der Waals surface area contributed by atoms with Crippen molar-refractivity contribution >= 4 is 17.3 Å². The fourth-order valence-electron chi connectivity index (χ4n) is 2.65. The number of aryl methyl sites for hydroxylation is 1. The maximum Gasteiger partial charge on any atom is 0.287 e. The van der Waals surface area contributed by atoms with Crippen molar-refractivity contribution in [1.29, 1.82) is 0 Å². The Morgan fingerprint density at radius 2 is 2.35 bits per heavy atom. The summed E-state index contributed by atoms with van der Waals surface area (Å²) in [6.45, 7) is 4.96. The van der Waals surface area contributed by atoms with Crippen molar-refractivity contribution in [3.05, 3.63) is 21.6 Å². The number of aromatic nitrogens is 2.